The van der Waals surface area contributed by atoms with Crippen LogP contribution in [0, 0.1) is 0 Å². The van der Waals surface area contributed by atoms with E-state index < -0.39 is 0 Å². The van der Waals surface area contributed by atoms with E-state index in [2.05, 4.69) is 18.2 Å². The third kappa shape index (κ3) is 2.46. The van der Waals surface area contributed by atoms with Crippen molar-refractivity contribution in [2.75, 3.05) is 0 Å². The largest absolute Gasteiger partial charge is 0.449 e. The molecule has 0 atom stereocenters. The lowest BCUT2D eigenvalue weighted by Gasteiger charge is -2.03. The van der Waals surface area contributed by atoms with Crippen LogP contribution in [0.1, 0.15) is 16.1 Å². The highest BCUT2D eigenvalue weighted by Crippen LogP contribution is 2.30. The molecule has 0 saturated carbocycles. The lowest BCUT2D eigenvalue weighted by Crippen LogP contribution is -1.98. The number of fused-ring (bicyclic) bond motifs is 3. The maximum Gasteiger partial charge on any atom is 0.228 e. The number of rotatable bonds is 3. The molecule has 0 saturated heterocycles. The predicted octanol–water partition coefficient (Wildman–Crippen LogP) is 5.22. The lowest BCUT2D eigenvalue weighted by molar-refractivity contribution is 0.101. The molecule has 0 unspecified atom stereocenters. The molecule has 0 amide bonds. The molecule has 2 aromatic heterocycles. The maximum absolute atomic E-state index is 12.6. The Bertz CT molecular complexity index is 1300. The van der Waals surface area contributed by atoms with Crippen LogP contribution in [0.3, 0.4) is 0 Å². The smallest absolute Gasteiger partial charge is 0.228 e. The average Bonchev–Trinajstić information content (AvgIpc) is 3.33. The fourth-order valence-electron chi connectivity index (χ4n) is 3.51. The first-order chi connectivity index (χ1) is 13.2. The third-order valence-electron chi connectivity index (χ3n) is 4.84. The van der Waals surface area contributed by atoms with Crippen molar-refractivity contribution in [3.8, 4) is 11.6 Å². The number of aromatic nitrogens is 2. The molecule has 130 valence electrons. The molecule has 3 aromatic carbocycles. The molecular formula is C23H16N2O2. The van der Waals surface area contributed by atoms with Gasteiger partial charge < -0.3 is 8.98 Å². The van der Waals surface area contributed by atoms with Crippen LogP contribution >= 0.6 is 0 Å². The third-order valence-corrected chi connectivity index (χ3v) is 4.84. The topological polar surface area (TPSA) is 48.0 Å². The average molecular weight is 352 g/mol. The summed E-state index contributed by atoms with van der Waals surface area (Å²) in [7, 11) is 1.97. The Morgan fingerprint density at radius 2 is 1.67 bits per heavy atom. The molecule has 0 bridgehead atoms. The van der Waals surface area contributed by atoms with Gasteiger partial charge in [-0.15, -0.1) is 0 Å². The molecule has 4 nitrogen and oxygen atoms in total. The van der Waals surface area contributed by atoms with Crippen LogP contribution < -0.4 is 0 Å². The van der Waals surface area contributed by atoms with Gasteiger partial charge in [0.05, 0.1) is 11.0 Å². The molecule has 0 aliphatic heterocycles. The zero-order valence-electron chi connectivity index (χ0n) is 14.7. The van der Waals surface area contributed by atoms with Gasteiger partial charge in [-0.3, -0.25) is 4.79 Å². The summed E-state index contributed by atoms with van der Waals surface area (Å²) in [6.45, 7) is 0. The van der Waals surface area contributed by atoms with Crippen molar-refractivity contribution in [3.05, 3.63) is 90.2 Å². The summed E-state index contributed by atoms with van der Waals surface area (Å²) in [5.74, 6) is 1.46. The van der Waals surface area contributed by atoms with Gasteiger partial charge in [-0.05, 0) is 23.6 Å². The van der Waals surface area contributed by atoms with Gasteiger partial charge in [-0.25, -0.2) is 4.98 Å². The van der Waals surface area contributed by atoms with Crippen LogP contribution in [-0.4, -0.2) is 15.3 Å². The number of nitrogens with zero attached hydrogens (tertiary/aromatic N) is 2. The zero-order valence-corrected chi connectivity index (χ0v) is 14.7. The molecule has 5 aromatic rings. The Morgan fingerprint density at radius 1 is 0.889 bits per heavy atom. The van der Waals surface area contributed by atoms with Crippen molar-refractivity contribution in [3.63, 3.8) is 0 Å². The van der Waals surface area contributed by atoms with Crippen LogP contribution in [0.2, 0.25) is 0 Å². The van der Waals surface area contributed by atoms with E-state index in [-0.39, 0.29) is 5.78 Å². The number of carbonyl (C=O) groups is 1. The Morgan fingerprint density at radius 3 is 2.52 bits per heavy atom. The van der Waals surface area contributed by atoms with E-state index in [1.165, 1.54) is 5.39 Å². The SMILES string of the molecule is Cn1c(-c2ccc(C(=O)c3ccccc3)o2)nc2ccc3ccccc3c21. The van der Waals surface area contributed by atoms with Gasteiger partial charge in [0, 0.05) is 18.0 Å². The quantitative estimate of drug-likeness (QED) is 0.418. The number of furan rings is 1. The second kappa shape index (κ2) is 5.95. The molecular weight excluding hydrogens is 336 g/mol. The van der Waals surface area contributed by atoms with Crippen molar-refractivity contribution in [1.29, 1.82) is 0 Å². The molecule has 0 aliphatic carbocycles. The van der Waals surface area contributed by atoms with E-state index in [1.54, 1.807) is 24.3 Å². The first-order valence-corrected chi connectivity index (χ1v) is 8.76. The Hall–Kier alpha value is -3.66. The van der Waals surface area contributed by atoms with E-state index in [9.17, 15) is 4.79 Å². The van der Waals surface area contributed by atoms with Crippen LogP contribution in [0.15, 0.2) is 83.3 Å². The summed E-state index contributed by atoms with van der Waals surface area (Å²) in [5, 5.41) is 2.31. The number of carbonyl (C=O) groups excluding carboxylic acids is 1. The second-order valence-corrected chi connectivity index (χ2v) is 6.51. The molecule has 0 N–H and O–H groups in total. The fourth-order valence-corrected chi connectivity index (χ4v) is 3.51. The highest BCUT2D eigenvalue weighted by molar-refractivity contribution is 6.07. The minimum Gasteiger partial charge on any atom is -0.449 e. The summed E-state index contributed by atoms with van der Waals surface area (Å²) in [6.07, 6.45) is 0. The minimum absolute atomic E-state index is 0.133. The predicted molar refractivity (Wildman–Crippen MR) is 106 cm³/mol. The number of benzene rings is 3. The lowest BCUT2D eigenvalue weighted by atomic mass is 10.1. The molecule has 0 radical (unpaired) electrons. The van der Waals surface area contributed by atoms with Gasteiger partial charge in [0.2, 0.25) is 5.78 Å². The summed E-state index contributed by atoms with van der Waals surface area (Å²) >= 11 is 0. The Labute approximate surface area is 155 Å². The summed E-state index contributed by atoms with van der Waals surface area (Å²) in [4.78, 5) is 17.3. The molecule has 27 heavy (non-hydrogen) atoms. The molecule has 4 heteroatoms. The van der Waals surface area contributed by atoms with Crippen LogP contribution in [0.4, 0.5) is 0 Å². The normalized spacial score (nSPS) is 11.3. The number of hydrogen-bond acceptors (Lipinski definition) is 3. The van der Waals surface area contributed by atoms with E-state index in [0.29, 0.717) is 22.9 Å². The molecule has 0 spiro atoms. The Kier molecular flexibility index (Phi) is 3.44. The first kappa shape index (κ1) is 15.6. The summed E-state index contributed by atoms with van der Waals surface area (Å²) in [5.41, 5.74) is 2.56. The van der Waals surface area contributed by atoms with Gasteiger partial charge in [0.25, 0.3) is 0 Å². The van der Waals surface area contributed by atoms with Crippen molar-refractivity contribution >= 4 is 27.6 Å². The minimum atomic E-state index is -0.133. The van der Waals surface area contributed by atoms with Gasteiger partial charge >= 0.3 is 0 Å². The van der Waals surface area contributed by atoms with Crippen LogP contribution in [0.25, 0.3) is 33.4 Å². The highest BCUT2D eigenvalue weighted by atomic mass is 16.3. The van der Waals surface area contributed by atoms with Crippen LogP contribution in [-0.2, 0) is 7.05 Å². The number of aryl methyl sites for hydroxylation is 1. The van der Waals surface area contributed by atoms with Gasteiger partial charge in [0.15, 0.2) is 17.3 Å². The number of hydrogen-bond donors (Lipinski definition) is 0. The fraction of sp³-hybridized carbons (Fsp3) is 0.0435. The molecule has 5 rings (SSSR count). The van der Waals surface area contributed by atoms with Crippen molar-refractivity contribution < 1.29 is 9.21 Å². The van der Waals surface area contributed by atoms with Gasteiger partial charge in [0.1, 0.15) is 0 Å². The standard InChI is InChI=1S/C23H16N2O2/c1-25-21-17-10-6-5-7-15(17)11-12-18(21)24-23(25)20-14-13-19(27-20)22(26)16-8-3-2-4-9-16/h2-14H,1H3. The van der Waals surface area contributed by atoms with E-state index in [1.807, 2.05) is 48.0 Å². The van der Waals surface area contributed by atoms with Crippen molar-refractivity contribution in [2.24, 2.45) is 7.05 Å². The monoisotopic (exact) mass is 352 g/mol. The zero-order chi connectivity index (χ0) is 18.4. The van der Waals surface area contributed by atoms with Crippen molar-refractivity contribution in [2.45, 2.75) is 0 Å². The van der Waals surface area contributed by atoms with E-state index >= 15 is 0 Å². The van der Waals surface area contributed by atoms with Gasteiger partial charge in [-0.2, -0.15) is 0 Å². The van der Waals surface area contributed by atoms with Crippen molar-refractivity contribution in [1.82, 2.24) is 9.55 Å². The molecule has 2 heterocycles. The maximum atomic E-state index is 12.6. The molecule has 0 aliphatic rings. The number of imidazole rings is 1. The van der Waals surface area contributed by atoms with Crippen LogP contribution in [0.5, 0.6) is 0 Å². The van der Waals surface area contributed by atoms with Gasteiger partial charge in [-0.1, -0.05) is 60.7 Å². The summed E-state index contributed by atoms with van der Waals surface area (Å²) in [6, 6.07) is 25.0. The molecule has 0 fully saturated rings. The van der Waals surface area contributed by atoms with E-state index in [4.69, 9.17) is 9.40 Å². The highest BCUT2D eigenvalue weighted by Gasteiger charge is 2.18. The summed E-state index contributed by atoms with van der Waals surface area (Å²) < 4.78 is 7.90. The Balaban J connectivity index is 1.63. The van der Waals surface area contributed by atoms with E-state index in [0.717, 1.165) is 16.4 Å². The second-order valence-electron chi connectivity index (χ2n) is 6.51. The first-order valence-electron chi connectivity index (χ1n) is 8.76. The number of ketones is 1.